The van der Waals surface area contributed by atoms with Gasteiger partial charge in [0.15, 0.2) is 0 Å². The number of carbonyl (C=O) groups is 1. The molecule has 0 amide bonds. The summed E-state index contributed by atoms with van der Waals surface area (Å²) in [6, 6.07) is 9.74. The Balaban J connectivity index is 1.66. The first-order valence-corrected chi connectivity index (χ1v) is 9.50. The standard InChI is InChI=1S/C20H22ClN3O2/c1-11-4-2-3-5-14(11)15-10-16(24-20(21)22-15)23-18-13-8-6-12(7-9-13)17(18)19(25)26/h2-5,10,12-13,17-18H,6-9H2,1H3,(H,25,26)(H,22,23,24). The Morgan fingerprint density at radius 1 is 1.15 bits per heavy atom. The summed E-state index contributed by atoms with van der Waals surface area (Å²) in [4.78, 5) is 20.5. The summed E-state index contributed by atoms with van der Waals surface area (Å²) in [5.74, 6) is 0.154. The second-order valence-corrected chi connectivity index (χ2v) is 7.77. The quantitative estimate of drug-likeness (QED) is 0.779. The third-order valence-electron chi connectivity index (χ3n) is 5.94. The van der Waals surface area contributed by atoms with Crippen LogP contribution in [0.4, 0.5) is 5.82 Å². The van der Waals surface area contributed by atoms with Crippen LogP contribution in [0.25, 0.3) is 11.3 Å². The lowest BCUT2D eigenvalue weighted by molar-refractivity contribution is -0.148. The number of fused-ring (bicyclic) bond motifs is 3. The Kier molecular flexibility index (Phi) is 4.57. The number of anilines is 1. The molecule has 1 heterocycles. The lowest BCUT2D eigenvalue weighted by Crippen LogP contribution is -2.51. The molecule has 6 heteroatoms. The van der Waals surface area contributed by atoms with Crippen LogP contribution in [0.15, 0.2) is 30.3 Å². The fourth-order valence-electron chi connectivity index (χ4n) is 4.67. The molecule has 0 saturated heterocycles. The smallest absolute Gasteiger partial charge is 0.308 e. The molecule has 26 heavy (non-hydrogen) atoms. The molecule has 136 valence electrons. The first-order chi connectivity index (χ1) is 12.5. The highest BCUT2D eigenvalue weighted by atomic mass is 35.5. The molecule has 5 rings (SSSR count). The number of nitrogens with zero attached hydrogens (tertiary/aromatic N) is 2. The summed E-state index contributed by atoms with van der Waals surface area (Å²) in [6.45, 7) is 2.03. The second kappa shape index (κ2) is 6.88. The van der Waals surface area contributed by atoms with E-state index < -0.39 is 5.97 Å². The molecule has 1 aromatic carbocycles. The molecule has 2 aromatic rings. The van der Waals surface area contributed by atoms with Gasteiger partial charge in [0.05, 0.1) is 11.6 Å². The summed E-state index contributed by atoms with van der Waals surface area (Å²) >= 11 is 6.17. The van der Waals surface area contributed by atoms with Gasteiger partial charge in [-0.25, -0.2) is 9.97 Å². The molecule has 3 aliphatic rings. The molecular weight excluding hydrogens is 350 g/mol. The van der Waals surface area contributed by atoms with E-state index in [-0.39, 0.29) is 23.2 Å². The molecule has 0 spiro atoms. The van der Waals surface area contributed by atoms with Crippen molar-refractivity contribution in [2.45, 2.75) is 38.6 Å². The van der Waals surface area contributed by atoms with Crippen LogP contribution in [0.3, 0.4) is 0 Å². The molecule has 2 atom stereocenters. The topological polar surface area (TPSA) is 75.1 Å². The zero-order valence-electron chi connectivity index (χ0n) is 14.7. The molecule has 3 saturated carbocycles. The number of aliphatic carboxylic acids is 1. The third-order valence-corrected chi connectivity index (χ3v) is 6.11. The lowest BCUT2D eigenvalue weighted by atomic mass is 9.61. The summed E-state index contributed by atoms with van der Waals surface area (Å²) in [6.07, 6.45) is 4.18. The van der Waals surface area contributed by atoms with Gasteiger partial charge < -0.3 is 10.4 Å². The van der Waals surface area contributed by atoms with E-state index in [1.54, 1.807) is 0 Å². The van der Waals surface area contributed by atoms with Crippen LogP contribution in [-0.4, -0.2) is 27.1 Å². The maximum absolute atomic E-state index is 11.8. The third kappa shape index (κ3) is 3.16. The van der Waals surface area contributed by atoms with E-state index in [2.05, 4.69) is 15.3 Å². The zero-order valence-corrected chi connectivity index (χ0v) is 15.4. The van der Waals surface area contributed by atoms with Crippen molar-refractivity contribution in [3.05, 3.63) is 41.2 Å². The normalized spacial score (nSPS) is 27.3. The predicted octanol–water partition coefficient (Wildman–Crippen LogP) is 4.41. The van der Waals surface area contributed by atoms with Crippen LogP contribution in [0.1, 0.15) is 31.2 Å². The van der Waals surface area contributed by atoms with Crippen LogP contribution < -0.4 is 5.32 Å². The minimum Gasteiger partial charge on any atom is -0.481 e. The molecule has 3 fully saturated rings. The van der Waals surface area contributed by atoms with E-state index in [1.807, 2.05) is 37.3 Å². The van der Waals surface area contributed by atoms with Crippen LogP contribution in [-0.2, 0) is 4.79 Å². The number of hydrogen-bond donors (Lipinski definition) is 2. The number of aromatic nitrogens is 2. The number of carboxylic acid groups (broad SMARTS) is 1. The van der Waals surface area contributed by atoms with Crippen molar-refractivity contribution in [3.8, 4) is 11.3 Å². The van der Waals surface area contributed by atoms with E-state index >= 15 is 0 Å². The number of halogens is 1. The van der Waals surface area contributed by atoms with Crippen LogP contribution in [0, 0.1) is 24.7 Å². The van der Waals surface area contributed by atoms with E-state index in [1.165, 1.54) is 0 Å². The van der Waals surface area contributed by atoms with Gasteiger partial charge in [0.25, 0.3) is 0 Å². The van der Waals surface area contributed by atoms with Crippen molar-refractivity contribution in [2.75, 3.05) is 5.32 Å². The predicted molar refractivity (Wildman–Crippen MR) is 101 cm³/mol. The summed E-state index contributed by atoms with van der Waals surface area (Å²) in [5, 5.41) is 13.3. The van der Waals surface area contributed by atoms with E-state index in [4.69, 9.17) is 11.6 Å². The van der Waals surface area contributed by atoms with Gasteiger partial charge in [0.1, 0.15) is 5.82 Å². The number of nitrogens with one attached hydrogen (secondary N) is 1. The lowest BCUT2D eigenvalue weighted by Gasteiger charge is -2.47. The maximum Gasteiger partial charge on any atom is 0.308 e. The zero-order chi connectivity index (χ0) is 18.3. The fourth-order valence-corrected chi connectivity index (χ4v) is 4.86. The van der Waals surface area contributed by atoms with E-state index in [9.17, 15) is 9.90 Å². The molecule has 2 N–H and O–H groups in total. The number of benzene rings is 1. The van der Waals surface area contributed by atoms with Gasteiger partial charge in [-0.3, -0.25) is 4.79 Å². The van der Waals surface area contributed by atoms with Gasteiger partial charge in [-0.15, -0.1) is 0 Å². The Morgan fingerprint density at radius 2 is 1.85 bits per heavy atom. The molecule has 2 unspecified atom stereocenters. The number of hydrogen-bond acceptors (Lipinski definition) is 4. The Labute approximate surface area is 157 Å². The Morgan fingerprint density at radius 3 is 2.54 bits per heavy atom. The Hall–Kier alpha value is -2.14. The van der Waals surface area contributed by atoms with E-state index in [0.717, 1.165) is 42.5 Å². The number of rotatable bonds is 4. The average Bonchev–Trinajstić information content (AvgIpc) is 2.62. The van der Waals surface area contributed by atoms with Gasteiger partial charge in [-0.2, -0.15) is 0 Å². The number of carboxylic acids is 1. The van der Waals surface area contributed by atoms with Crippen molar-refractivity contribution in [1.82, 2.24) is 9.97 Å². The molecule has 0 radical (unpaired) electrons. The van der Waals surface area contributed by atoms with E-state index in [0.29, 0.717) is 11.7 Å². The fraction of sp³-hybridized carbons (Fsp3) is 0.450. The number of aryl methyl sites for hydroxylation is 1. The van der Waals surface area contributed by atoms with Crippen molar-refractivity contribution in [2.24, 2.45) is 17.8 Å². The summed E-state index contributed by atoms with van der Waals surface area (Å²) in [5.41, 5.74) is 2.85. The van der Waals surface area contributed by atoms with Crippen molar-refractivity contribution >= 4 is 23.4 Å². The first kappa shape index (κ1) is 17.3. The Bertz CT molecular complexity index is 834. The van der Waals surface area contributed by atoms with Crippen molar-refractivity contribution in [3.63, 3.8) is 0 Å². The van der Waals surface area contributed by atoms with Crippen LogP contribution in [0.2, 0.25) is 5.28 Å². The highest BCUT2D eigenvalue weighted by Crippen LogP contribution is 2.46. The monoisotopic (exact) mass is 371 g/mol. The SMILES string of the molecule is Cc1ccccc1-c1cc(NC2C3CCC(CC3)C2C(=O)O)nc(Cl)n1. The summed E-state index contributed by atoms with van der Waals surface area (Å²) < 4.78 is 0. The average molecular weight is 372 g/mol. The van der Waals surface area contributed by atoms with Gasteiger partial charge in [-0.05, 0) is 61.6 Å². The summed E-state index contributed by atoms with van der Waals surface area (Å²) in [7, 11) is 0. The first-order valence-electron chi connectivity index (χ1n) is 9.13. The van der Waals surface area contributed by atoms with Gasteiger partial charge >= 0.3 is 5.97 Å². The highest BCUT2D eigenvalue weighted by Gasteiger charge is 2.47. The highest BCUT2D eigenvalue weighted by molar-refractivity contribution is 6.28. The van der Waals surface area contributed by atoms with Gasteiger partial charge in [0.2, 0.25) is 5.28 Å². The second-order valence-electron chi connectivity index (χ2n) is 7.43. The van der Waals surface area contributed by atoms with Crippen LogP contribution in [0.5, 0.6) is 0 Å². The van der Waals surface area contributed by atoms with Crippen molar-refractivity contribution < 1.29 is 9.90 Å². The van der Waals surface area contributed by atoms with Gasteiger partial charge in [-0.1, -0.05) is 24.3 Å². The van der Waals surface area contributed by atoms with Crippen LogP contribution >= 0.6 is 11.6 Å². The molecule has 2 bridgehead atoms. The molecule has 1 aromatic heterocycles. The minimum absolute atomic E-state index is 0.101. The molecule has 0 aliphatic heterocycles. The minimum atomic E-state index is -0.712. The largest absolute Gasteiger partial charge is 0.481 e. The maximum atomic E-state index is 11.8. The molecule has 3 aliphatic carbocycles. The molecule has 5 nitrogen and oxygen atoms in total. The van der Waals surface area contributed by atoms with Crippen molar-refractivity contribution in [1.29, 1.82) is 0 Å². The molecular formula is C20H22ClN3O2. The van der Waals surface area contributed by atoms with Gasteiger partial charge in [0, 0.05) is 17.7 Å².